The van der Waals surface area contributed by atoms with E-state index in [2.05, 4.69) is 6.92 Å². The first-order valence-electron chi connectivity index (χ1n) is 6.79. The van der Waals surface area contributed by atoms with Gasteiger partial charge in [-0.2, -0.15) is 11.8 Å². The van der Waals surface area contributed by atoms with Gasteiger partial charge in [0, 0.05) is 18.3 Å². The molecule has 1 aliphatic carbocycles. The van der Waals surface area contributed by atoms with Crippen LogP contribution in [-0.4, -0.2) is 41.3 Å². The number of hydrogen-bond donors (Lipinski definition) is 0. The van der Waals surface area contributed by atoms with E-state index in [0.717, 1.165) is 25.0 Å². The molecule has 0 spiro atoms. The molecule has 5 heteroatoms. The Labute approximate surface area is 111 Å². The lowest BCUT2D eigenvalue weighted by Crippen LogP contribution is -2.43. The Hall–Kier alpha value is -0.320. The van der Waals surface area contributed by atoms with Crippen LogP contribution in [0.4, 0.5) is 8.78 Å². The fourth-order valence-electron chi connectivity index (χ4n) is 2.63. The monoisotopic (exact) mass is 277 g/mol. The number of amides is 1. The number of rotatable bonds is 4. The molecule has 1 atom stereocenters. The molecule has 2 fully saturated rings. The van der Waals surface area contributed by atoms with Gasteiger partial charge in [0.05, 0.1) is 0 Å². The zero-order valence-electron chi connectivity index (χ0n) is 10.8. The van der Waals surface area contributed by atoms with Crippen LogP contribution in [-0.2, 0) is 4.79 Å². The lowest BCUT2D eigenvalue weighted by molar-refractivity contribution is -0.143. The summed E-state index contributed by atoms with van der Waals surface area (Å²) >= 11 is 1.84. The van der Waals surface area contributed by atoms with Gasteiger partial charge in [0.15, 0.2) is 0 Å². The van der Waals surface area contributed by atoms with Crippen molar-refractivity contribution in [1.29, 1.82) is 0 Å². The average molecular weight is 277 g/mol. The molecular formula is C13H21F2NOS. The minimum absolute atomic E-state index is 0.291. The first-order valence-corrected chi connectivity index (χ1v) is 7.84. The second-order valence-corrected chi connectivity index (χ2v) is 6.86. The number of thioether (sulfide) groups is 1. The van der Waals surface area contributed by atoms with Crippen molar-refractivity contribution in [3.8, 4) is 0 Å². The molecule has 2 aliphatic rings. The number of halogens is 2. The third-order valence-corrected chi connectivity index (χ3v) is 5.14. The lowest BCUT2D eigenvalue weighted by Gasteiger charge is -2.28. The molecule has 104 valence electrons. The van der Waals surface area contributed by atoms with Crippen LogP contribution in [0.25, 0.3) is 0 Å². The Balaban J connectivity index is 2.00. The van der Waals surface area contributed by atoms with Crippen molar-refractivity contribution in [1.82, 2.24) is 4.90 Å². The van der Waals surface area contributed by atoms with Crippen molar-refractivity contribution >= 4 is 17.7 Å². The SMILES string of the molecule is CCSC1CCCCN(C(=O)C2(C(F)F)CC2)C1. The van der Waals surface area contributed by atoms with Gasteiger partial charge in [0.25, 0.3) is 6.43 Å². The smallest absolute Gasteiger partial charge is 0.252 e. The molecule has 2 nitrogen and oxygen atoms in total. The summed E-state index contributed by atoms with van der Waals surface area (Å²) in [6, 6.07) is 0. The zero-order chi connectivity index (χ0) is 13.2. The molecule has 1 saturated heterocycles. The van der Waals surface area contributed by atoms with Crippen LogP contribution >= 0.6 is 11.8 Å². The van der Waals surface area contributed by atoms with Crippen molar-refractivity contribution in [2.45, 2.75) is 50.7 Å². The van der Waals surface area contributed by atoms with E-state index in [1.807, 2.05) is 11.8 Å². The van der Waals surface area contributed by atoms with Crippen LogP contribution in [0.1, 0.15) is 39.0 Å². The topological polar surface area (TPSA) is 20.3 Å². The molecule has 18 heavy (non-hydrogen) atoms. The highest BCUT2D eigenvalue weighted by atomic mass is 32.2. The van der Waals surface area contributed by atoms with E-state index in [9.17, 15) is 13.6 Å². The van der Waals surface area contributed by atoms with Crippen LogP contribution in [0.2, 0.25) is 0 Å². The Bertz CT molecular complexity index is 307. The third-order valence-electron chi connectivity index (χ3n) is 3.95. The fraction of sp³-hybridized carbons (Fsp3) is 0.923. The van der Waals surface area contributed by atoms with Gasteiger partial charge in [-0.25, -0.2) is 8.78 Å². The summed E-state index contributed by atoms with van der Waals surface area (Å²) in [5, 5.41) is 0.426. The van der Waals surface area contributed by atoms with Gasteiger partial charge in [-0.1, -0.05) is 13.3 Å². The van der Waals surface area contributed by atoms with Gasteiger partial charge in [-0.15, -0.1) is 0 Å². The molecular weight excluding hydrogens is 256 g/mol. The highest BCUT2D eigenvalue weighted by Crippen LogP contribution is 2.52. The molecule has 2 rings (SSSR count). The van der Waals surface area contributed by atoms with E-state index in [-0.39, 0.29) is 5.91 Å². The van der Waals surface area contributed by atoms with Crippen LogP contribution in [0, 0.1) is 5.41 Å². The summed E-state index contributed by atoms with van der Waals surface area (Å²) in [5.74, 6) is 0.730. The molecule has 0 aromatic heterocycles. The van der Waals surface area contributed by atoms with Crippen molar-refractivity contribution in [3.63, 3.8) is 0 Å². The molecule has 1 saturated carbocycles. The average Bonchev–Trinajstić information content (AvgIpc) is 3.14. The second kappa shape index (κ2) is 5.76. The van der Waals surface area contributed by atoms with Crippen LogP contribution in [0.3, 0.4) is 0 Å². The highest BCUT2D eigenvalue weighted by Gasteiger charge is 2.59. The Morgan fingerprint density at radius 3 is 2.72 bits per heavy atom. The Kier molecular flexibility index (Phi) is 4.51. The first kappa shape index (κ1) is 14.1. The van der Waals surface area contributed by atoms with Gasteiger partial charge in [-0.3, -0.25) is 4.79 Å². The molecule has 1 unspecified atom stereocenters. The Morgan fingerprint density at radius 2 is 2.17 bits per heavy atom. The van der Waals surface area contributed by atoms with Crippen molar-refractivity contribution < 1.29 is 13.6 Å². The molecule has 0 radical (unpaired) electrons. The van der Waals surface area contributed by atoms with E-state index in [1.54, 1.807) is 4.90 Å². The predicted molar refractivity (Wildman–Crippen MR) is 70.0 cm³/mol. The van der Waals surface area contributed by atoms with Gasteiger partial charge in [-0.05, 0) is 31.4 Å². The number of hydrogen-bond acceptors (Lipinski definition) is 2. The molecule has 0 aromatic carbocycles. The maximum Gasteiger partial charge on any atom is 0.252 e. The number of nitrogens with zero attached hydrogens (tertiary/aromatic N) is 1. The summed E-state index contributed by atoms with van der Waals surface area (Å²) < 4.78 is 25.9. The van der Waals surface area contributed by atoms with Crippen LogP contribution < -0.4 is 0 Å². The second-order valence-electron chi connectivity index (χ2n) is 5.28. The molecule has 0 N–H and O–H groups in total. The molecule has 0 bridgehead atoms. The normalized spacial score (nSPS) is 27.1. The summed E-state index contributed by atoms with van der Waals surface area (Å²) in [4.78, 5) is 14.0. The first-order chi connectivity index (χ1) is 8.60. The molecule has 1 amide bonds. The van der Waals surface area contributed by atoms with Gasteiger partial charge in [0.2, 0.25) is 5.91 Å². The number of carbonyl (C=O) groups is 1. The number of carbonyl (C=O) groups excluding carboxylic acids is 1. The summed E-state index contributed by atoms with van der Waals surface area (Å²) in [6.07, 6.45) is 1.39. The zero-order valence-corrected chi connectivity index (χ0v) is 11.6. The van der Waals surface area contributed by atoms with Gasteiger partial charge in [0.1, 0.15) is 5.41 Å². The van der Waals surface area contributed by atoms with Gasteiger partial charge >= 0.3 is 0 Å². The third kappa shape index (κ3) is 2.81. The van der Waals surface area contributed by atoms with Crippen molar-refractivity contribution in [2.75, 3.05) is 18.8 Å². The maximum absolute atomic E-state index is 13.0. The van der Waals surface area contributed by atoms with Crippen molar-refractivity contribution in [3.05, 3.63) is 0 Å². The quantitative estimate of drug-likeness (QED) is 0.786. The number of alkyl halides is 2. The summed E-state index contributed by atoms with van der Waals surface area (Å²) in [5.41, 5.74) is -1.31. The fourth-order valence-corrected chi connectivity index (χ4v) is 3.72. The van der Waals surface area contributed by atoms with Crippen LogP contribution in [0.5, 0.6) is 0 Å². The van der Waals surface area contributed by atoms with E-state index in [4.69, 9.17) is 0 Å². The van der Waals surface area contributed by atoms with Gasteiger partial charge < -0.3 is 4.90 Å². The highest BCUT2D eigenvalue weighted by molar-refractivity contribution is 7.99. The standard InChI is InChI=1S/C13H21F2NOS/c1-2-18-10-5-3-4-8-16(9-10)12(17)13(6-7-13)11(14)15/h10-11H,2-9H2,1H3. The van der Waals surface area contributed by atoms with E-state index >= 15 is 0 Å². The number of likely N-dealkylation sites (tertiary alicyclic amines) is 1. The Morgan fingerprint density at radius 1 is 1.44 bits per heavy atom. The maximum atomic E-state index is 13.0. The largest absolute Gasteiger partial charge is 0.341 e. The van der Waals surface area contributed by atoms with E-state index < -0.39 is 11.8 Å². The predicted octanol–water partition coefficient (Wildman–Crippen LogP) is 3.17. The molecule has 0 aromatic rings. The van der Waals surface area contributed by atoms with Crippen LogP contribution in [0.15, 0.2) is 0 Å². The van der Waals surface area contributed by atoms with E-state index in [0.29, 0.717) is 31.2 Å². The van der Waals surface area contributed by atoms with Crippen molar-refractivity contribution in [2.24, 2.45) is 5.41 Å². The lowest BCUT2D eigenvalue weighted by atomic mass is 10.1. The minimum Gasteiger partial charge on any atom is -0.341 e. The van der Waals surface area contributed by atoms with E-state index in [1.165, 1.54) is 0 Å². The molecule has 1 aliphatic heterocycles. The summed E-state index contributed by atoms with van der Waals surface area (Å²) in [7, 11) is 0. The molecule has 1 heterocycles. The minimum atomic E-state index is -2.49. The summed E-state index contributed by atoms with van der Waals surface area (Å²) in [6.45, 7) is 3.42.